The van der Waals surface area contributed by atoms with E-state index in [4.69, 9.17) is 0 Å². The van der Waals surface area contributed by atoms with Gasteiger partial charge in [0.25, 0.3) is 0 Å². The molecule has 0 aliphatic heterocycles. The minimum absolute atomic E-state index is 0.0666. The number of rotatable bonds is 8. The summed E-state index contributed by atoms with van der Waals surface area (Å²) in [7, 11) is 0. The van der Waals surface area contributed by atoms with Crippen LogP contribution in [-0.2, 0) is 0 Å². The minimum Gasteiger partial charge on any atom is -0.375 e. The maximum atomic E-state index is 4.06. The fourth-order valence-corrected chi connectivity index (χ4v) is 5.60. The third-order valence-corrected chi connectivity index (χ3v) is 6.81. The molecule has 1 heteroatoms. The molecule has 1 nitrogen and oxygen atoms in total. The molecule has 2 aliphatic rings. The number of nitrogens with one attached hydrogen (secondary N) is 1. The van der Waals surface area contributed by atoms with Gasteiger partial charge in [0.15, 0.2) is 0 Å². The molecule has 2 atom stereocenters. The maximum absolute atomic E-state index is 4.06. The number of hydrogen-bond acceptors (Lipinski definition) is 1. The standard InChI is InChI=1S/C28H35N/c1-3-5-14-22(13-4-2)26-21-24-17-12-20-28(24,29-25-18-10-7-11-19-25)27(26)23-15-8-6-9-16-23/h6-11,14-16,18-19,24,29H,3-5,12-13,17,20-21H2,1-2H3/b22-14+/t24-,28+/m1/s1. The molecule has 1 N–H and O–H groups in total. The Morgan fingerprint density at radius 2 is 1.72 bits per heavy atom. The molecule has 2 aliphatic carbocycles. The SMILES string of the molecule is CCC/C=C(\CCC)C1=C(c2ccccc2)[C@]2(Nc3ccccc3)CCC[C@@H]2C1. The van der Waals surface area contributed by atoms with Crippen LogP contribution in [0.2, 0.25) is 0 Å². The van der Waals surface area contributed by atoms with Gasteiger partial charge in [-0.05, 0) is 72.4 Å². The topological polar surface area (TPSA) is 12.0 Å². The molecule has 0 heterocycles. The highest BCUT2D eigenvalue weighted by atomic mass is 15.0. The summed E-state index contributed by atoms with van der Waals surface area (Å²) in [5, 5.41) is 4.06. The van der Waals surface area contributed by atoms with Crippen molar-refractivity contribution < 1.29 is 0 Å². The number of anilines is 1. The van der Waals surface area contributed by atoms with Gasteiger partial charge in [0.2, 0.25) is 0 Å². The first-order valence-electron chi connectivity index (χ1n) is 11.6. The Hall–Kier alpha value is -2.28. The highest BCUT2D eigenvalue weighted by molar-refractivity contribution is 5.85. The van der Waals surface area contributed by atoms with Gasteiger partial charge in [-0.15, -0.1) is 0 Å². The molecule has 152 valence electrons. The van der Waals surface area contributed by atoms with Crippen LogP contribution in [0.4, 0.5) is 5.69 Å². The van der Waals surface area contributed by atoms with Crippen LogP contribution >= 0.6 is 0 Å². The monoisotopic (exact) mass is 385 g/mol. The first-order chi connectivity index (χ1) is 14.3. The molecule has 0 unspecified atom stereocenters. The van der Waals surface area contributed by atoms with Gasteiger partial charge in [0.1, 0.15) is 0 Å². The van der Waals surface area contributed by atoms with Crippen LogP contribution in [0.25, 0.3) is 5.57 Å². The second kappa shape index (κ2) is 9.03. The average Bonchev–Trinajstić information content (AvgIpc) is 3.28. The minimum atomic E-state index is 0.0666. The molecule has 0 saturated heterocycles. The first kappa shape index (κ1) is 20.0. The lowest BCUT2D eigenvalue weighted by Gasteiger charge is -2.36. The van der Waals surface area contributed by atoms with Gasteiger partial charge in [0.05, 0.1) is 5.54 Å². The van der Waals surface area contributed by atoms with E-state index in [-0.39, 0.29) is 5.54 Å². The Morgan fingerprint density at radius 3 is 2.41 bits per heavy atom. The van der Waals surface area contributed by atoms with E-state index in [1.807, 2.05) is 0 Å². The summed E-state index contributed by atoms with van der Waals surface area (Å²) in [4.78, 5) is 0. The van der Waals surface area contributed by atoms with Gasteiger partial charge in [-0.2, -0.15) is 0 Å². The largest absolute Gasteiger partial charge is 0.375 e. The van der Waals surface area contributed by atoms with E-state index in [0.29, 0.717) is 5.92 Å². The zero-order chi connectivity index (χ0) is 20.1. The van der Waals surface area contributed by atoms with Crippen LogP contribution in [-0.4, -0.2) is 5.54 Å². The zero-order valence-corrected chi connectivity index (χ0v) is 18.1. The lowest BCUT2D eigenvalue weighted by molar-refractivity contribution is 0.457. The summed E-state index contributed by atoms with van der Waals surface area (Å²) in [5.41, 5.74) is 7.56. The van der Waals surface area contributed by atoms with Crippen molar-refractivity contribution in [2.24, 2.45) is 5.92 Å². The summed E-state index contributed by atoms with van der Waals surface area (Å²) in [5.74, 6) is 0.690. The van der Waals surface area contributed by atoms with Crippen LogP contribution in [0.1, 0.15) is 70.8 Å². The predicted molar refractivity (Wildman–Crippen MR) is 126 cm³/mol. The predicted octanol–water partition coefficient (Wildman–Crippen LogP) is 8.02. The van der Waals surface area contributed by atoms with Crippen molar-refractivity contribution in [2.45, 2.75) is 70.8 Å². The van der Waals surface area contributed by atoms with Gasteiger partial charge < -0.3 is 5.32 Å². The van der Waals surface area contributed by atoms with E-state index in [2.05, 4.69) is 85.9 Å². The number of unbranched alkanes of at least 4 members (excludes halogenated alkanes) is 1. The number of allylic oxidation sites excluding steroid dienone is 3. The van der Waals surface area contributed by atoms with Crippen LogP contribution in [0, 0.1) is 5.92 Å². The molecule has 1 saturated carbocycles. The summed E-state index contributed by atoms with van der Waals surface area (Å²) in [6.45, 7) is 4.60. The lowest BCUT2D eigenvalue weighted by atomic mass is 9.80. The van der Waals surface area contributed by atoms with E-state index in [1.165, 1.54) is 62.6 Å². The number of benzene rings is 2. The Kier molecular flexibility index (Phi) is 6.23. The van der Waals surface area contributed by atoms with Crippen LogP contribution in [0.5, 0.6) is 0 Å². The van der Waals surface area contributed by atoms with Gasteiger partial charge in [-0.25, -0.2) is 0 Å². The van der Waals surface area contributed by atoms with Crippen LogP contribution < -0.4 is 5.32 Å². The van der Waals surface area contributed by atoms with Crippen LogP contribution in [0.3, 0.4) is 0 Å². The fraction of sp³-hybridized carbons (Fsp3) is 0.429. The van der Waals surface area contributed by atoms with Crippen molar-refractivity contribution in [2.75, 3.05) is 5.32 Å². The number of para-hydroxylation sites is 1. The molecule has 2 aromatic rings. The molecule has 4 rings (SSSR count). The van der Waals surface area contributed by atoms with E-state index >= 15 is 0 Å². The number of fused-ring (bicyclic) bond motifs is 1. The third kappa shape index (κ3) is 3.92. The van der Waals surface area contributed by atoms with Gasteiger partial charge in [-0.1, -0.05) is 87.7 Å². The molecule has 29 heavy (non-hydrogen) atoms. The molecule has 0 radical (unpaired) electrons. The molecule has 0 aromatic heterocycles. The Morgan fingerprint density at radius 1 is 1.00 bits per heavy atom. The highest BCUT2D eigenvalue weighted by Gasteiger charge is 2.51. The average molecular weight is 386 g/mol. The Balaban J connectivity index is 1.86. The van der Waals surface area contributed by atoms with E-state index in [0.717, 1.165) is 0 Å². The molecule has 2 aromatic carbocycles. The summed E-state index contributed by atoms with van der Waals surface area (Å²) < 4.78 is 0. The maximum Gasteiger partial charge on any atom is 0.0665 e. The van der Waals surface area contributed by atoms with E-state index in [9.17, 15) is 0 Å². The van der Waals surface area contributed by atoms with Crippen molar-refractivity contribution in [3.8, 4) is 0 Å². The van der Waals surface area contributed by atoms with Crippen molar-refractivity contribution in [3.05, 3.63) is 83.4 Å². The highest BCUT2D eigenvalue weighted by Crippen LogP contribution is 2.57. The van der Waals surface area contributed by atoms with E-state index < -0.39 is 0 Å². The molecule has 0 amide bonds. The third-order valence-electron chi connectivity index (χ3n) is 6.81. The zero-order valence-electron chi connectivity index (χ0n) is 18.1. The summed E-state index contributed by atoms with van der Waals surface area (Å²) in [6.07, 6.45) is 12.4. The van der Waals surface area contributed by atoms with Crippen molar-refractivity contribution in [1.82, 2.24) is 0 Å². The van der Waals surface area contributed by atoms with Gasteiger partial charge in [0, 0.05) is 5.69 Å². The molecular formula is C28H35N. The number of hydrogen-bond donors (Lipinski definition) is 1. The molecular weight excluding hydrogens is 350 g/mol. The van der Waals surface area contributed by atoms with Crippen LogP contribution in [0.15, 0.2) is 77.9 Å². The quantitative estimate of drug-likeness (QED) is 0.485. The first-order valence-corrected chi connectivity index (χ1v) is 11.6. The smallest absolute Gasteiger partial charge is 0.0665 e. The summed E-state index contributed by atoms with van der Waals surface area (Å²) >= 11 is 0. The van der Waals surface area contributed by atoms with Crippen molar-refractivity contribution in [1.29, 1.82) is 0 Å². The van der Waals surface area contributed by atoms with E-state index in [1.54, 1.807) is 16.7 Å². The van der Waals surface area contributed by atoms with Crippen molar-refractivity contribution in [3.63, 3.8) is 0 Å². The van der Waals surface area contributed by atoms with Gasteiger partial charge in [-0.3, -0.25) is 0 Å². The Labute approximate surface area is 176 Å². The summed E-state index contributed by atoms with van der Waals surface area (Å²) in [6, 6.07) is 22.1. The molecule has 1 fully saturated rings. The second-order valence-electron chi connectivity index (χ2n) is 8.74. The molecule has 0 bridgehead atoms. The normalized spacial score (nSPS) is 24.1. The lowest BCUT2D eigenvalue weighted by Crippen LogP contribution is -2.40. The second-order valence-corrected chi connectivity index (χ2v) is 8.74. The Bertz CT molecular complexity index is 862. The molecule has 0 spiro atoms. The fourth-order valence-electron chi connectivity index (χ4n) is 5.60. The van der Waals surface area contributed by atoms with Crippen molar-refractivity contribution >= 4 is 11.3 Å². The van der Waals surface area contributed by atoms with Gasteiger partial charge >= 0.3 is 0 Å².